The number of tetrazole rings is 1. The van der Waals surface area contributed by atoms with E-state index in [1.165, 1.54) is 4.90 Å². The molecule has 0 bridgehead atoms. The van der Waals surface area contributed by atoms with Crippen LogP contribution in [0.15, 0.2) is 0 Å². The number of quaternary nitrogens is 1. The van der Waals surface area contributed by atoms with E-state index in [1.54, 1.807) is 7.11 Å². The van der Waals surface area contributed by atoms with Gasteiger partial charge in [-0.05, 0) is 16.3 Å². The SMILES string of the molecule is COCCn1nnnc1[C@H](CC(C)C)[NH+]1CCC(C(N)=O)CC1. The fourth-order valence-electron chi connectivity index (χ4n) is 3.35. The molecular weight excluding hydrogens is 296 g/mol. The number of hydrogen-bond donors (Lipinski definition) is 2. The lowest BCUT2D eigenvalue weighted by Crippen LogP contribution is -3.13. The Kier molecular flexibility index (Phi) is 6.47. The summed E-state index contributed by atoms with van der Waals surface area (Å²) in [7, 11) is 1.68. The zero-order chi connectivity index (χ0) is 16.8. The van der Waals surface area contributed by atoms with Crippen molar-refractivity contribution in [1.29, 1.82) is 0 Å². The van der Waals surface area contributed by atoms with Gasteiger partial charge in [-0.2, -0.15) is 0 Å². The molecule has 0 aliphatic carbocycles. The Morgan fingerprint density at radius 3 is 2.70 bits per heavy atom. The highest BCUT2D eigenvalue weighted by atomic mass is 16.5. The van der Waals surface area contributed by atoms with Gasteiger partial charge in [-0.3, -0.25) is 4.79 Å². The number of aromatic nitrogens is 4. The van der Waals surface area contributed by atoms with E-state index in [0.29, 0.717) is 19.1 Å². The van der Waals surface area contributed by atoms with Crippen molar-refractivity contribution in [3.63, 3.8) is 0 Å². The van der Waals surface area contributed by atoms with E-state index in [2.05, 4.69) is 29.4 Å². The largest absolute Gasteiger partial charge is 0.383 e. The summed E-state index contributed by atoms with van der Waals surface area (Å²) in [6, 6.07) is 0.246. The lowest BCUT2D eigenvalue weighted by atomic mass is 9.93. The monoisotopic (exact) mass is 325 g/mol. The van der Waals surface area contributed by atoms with Gasteiger partial charge in [0.25, 0.3) is 0 Å². The summed E-state index contributed by atoms with van der Waals surface area (Å²) in [4.78, 5) is 12.8. The van der Waals surface area contributed by atoms with E-state index in [-0.39, 0.29) is 17.9 Å². The Hall–Kier alpha value is -1.54. The standard InChI is InChI=1S/C15H28N6O2/c1-11(2)10-13(15-17-18-19-21(15)8-9-23-3)20-6-4-12(5-7-20)14(16)22/h11-13H,4-10H2,1-3H3,(H2,16,22)/p+1/t13-/m0/s1. The topological polar surface area (TPSA) is 100 Å². The minimum absolute atomic E-state index is 0.0166. The minimum Gasteiger partial charge on any atom is -0.383 e. The van der Waals surface area contributed by atoms with Crippen LogP contribution in [0.1, 0.15) is 45.0 Å². The molecule has 8 heteroatoms. The average Bonchev–Trinajstić information content (AvgIpc) is 2.98. The molecule has 1 aromatic heterocycles. The summed E-state index contributed by atoms with van der Waals surface area (Å²) in [5.41, 5.74) is 5.44. The number of nitrogens with two attached hydrogens (primary N) is 1. The van der Waals surface area contributed by atoms with Gasteiger partial charge >= 0.3 is 0 Å². The van der Waals surface area contributed by atoms with Crippen LogP contribution in [0.3, 0.4) is 0 Å². The zero-order valence-corrected chi connectivity index (χ0v) is 14.4. The highest BCUT2D eigenvalue weighted by Crippen LogP contribution is 2.18. The van der Waals surface area contributed by atoms with Gasteiger partial charge < -0.3 is 15.4 Å². The molecule has 1 aromatic rings. The van der Waals surface area contributed by atoms with Gasteiger partial charge in [0, 0.05) is 32.3 Å². The van der Waals surface area contributed by atoms with Gasteiger partial charge in [-0.15, -0.1) is 5.10 Å². The van der Waals surface area contributed by atoms with E-state index < -0.39 is 0 Å². The van der Waals surface area contributed by atoms with Gasteiger partial charge in [0.05, 0.1) is 26.2 Å². The molecule has 1 fully saturated rings. The fourth-order valence-corrected chi connectivity index (χ4v) is 3.35. The Labute approximate surface area is 137 Å². The van der Waals surface area contributed by atoms with Gasteiger partial charge in [0.2, 0.25) is 11.7 Å². The molecule has 0 aromatic carbocycles. The van der Waals surface area contributed by atoms with Gasteiger partial charge in [-0.25, -0.2) is 4.68 Å². The van der Waals surface area contributed by atoms with Crippen LogP contribution >= 0.6 is 0 Å². The Morgan fingerprint density at radius 2 is 2.13 bits per heavy atom. The van der Waals surface area contributed by atoms with Crippen LogP contribution in [0.25, 0.3) is 0 Å². The highest BCUT2D eigenvalue weighted by molar-refractivity contribution is 5.76. The molecule has 1 amide bonds. The predicted molar refractivity (Wildman–Crippen MR) is 84.5 cm³/mol. The average molecular weight is 325 g/mol. The molecule has 130 valence electrons. The number of carbonyl (C=O) groups is 1. The summed E-state index contributed by atoms with van der Waals surface area (Å²) in [5, 5.41) is 12.3. The van der Waals surface area contributed by atoms with Crippen molar-refractivity contribution >= 4 is 5.91 Å². The number of primary amides is 1. The van der Waals surface area contributed by atoms with Crippen molar-refractivity contribution in [2.24, 2.45) is 17.6 Å². The number of methoxy groups -OCH3 is 1. The van der Waals surface area contributed by atoms with Crippen molar-refractivity contribution in [1.82, 2.24) is 20.2 Å². The molecule has 1 atom stereocenters. The van der Waals surface area contributed by atoms with Crippen molar-refractivity contribution in [3.05, 3.63) is 5.82 Å². The highest BCUT2D eigenvalue weighted by Gasteiger charge is 2.35. The normalized spacial score (nSPS) is 23.1. The van der Waals surface area contributed by atoms with E-state index in [9.17, 15) is 4.79 Å². The molecule has 1 saturated heterocycles. The van der Waals surface area contributed by atoms with Gasteiger partial charge in [0.1, 0.15) is 6.04 Å². The molecule has 1 aliphatic rings. The lowest BCUT2D eigenvalue weighted by Gasteiger charge is -2.34. The summed E-state index contributed by atoms with van der Waals surface area (Å²) in [6.07, 6.45) is 2.71. The smallest absolute Gasteiger partial charge is 0.220 e. The first kappa shape index (κ1) is 17.8. The van der Waals surface area contributed by atoms with Crippen molar-refractivity contribution < 1.29 is 14.4 Å². The maximum Gasteiger partial charge on any atom is 0.220 e. The van der Waals surface area contributed by atoms with E-state index >= 15 is 0 Å². The predicted octanol–water partition coefficient (Wildman–Crippen LogP) is -0.813. The van der Waals surface area contributed by atoms with Crippen LogP contribution in [0.4, 0.5) is 0 Å². The number of ether oxygens (including phenoxy) is 1. The number of piperidine rings is 1. The van der Waals surface area contributed by atoms with E-state index in [4.69, 9.17) is 10.5 Å². The molecule has 0 radical (unpaired) electrons. The summed E-state index contributed by atoms with van der Waals surface area (Å²) in [5.74, 6) is 1.31. The van der Waals surface area contributed by atoms with Crippen LogP contribution in [0.2, 0.25) is 0 Å². The third-order valence-electron chi connectivity index (χ3n) is 4.61. The van der Waals surface area contributed by atoms with E-state index in [1.807, 2.05) is 4.68 Å². The van der Waals surface area contributed by atoms with Crippen LogP contribution in [-0.4, -0.2) is 52.9 Å². The zero-order valence-electron chi connectivity index (χ0n) is 14.4. The number of nitrogens with one attached hydrogen (secondary N) is 1. The Balaban J connectivity index is 2.11. The summed E-state index contributed by atoms with van der Waals surface area (Å²) in [6.45, 7) is 7.54. The van der Waals surface area contributed by atoms with Crippen molar-refractivity contribution in [2.45, 2.75) is 45.7 Å². The van der Waals surface area contributed by atoms with Crippen molar-refractivity contribution in [2.75, 3.05) is 26.8 Å². The second kappa shape index (κ2) is 8.35. The third-order valence-corrected chi connectivity index (χ3v) is 4.61. The second-order valence-electron chi connectivity index (χ2n) is 6.77. The molecule has 23 heavy (non-hydrogen) atoms. The number of rotatable bonds is 8. The summed E-state index contributed by atoms with van der Waals surface area (Å²) < 4.78 is 6.99. The van der Waals surface area contributed by atoms with Crippen LogP contribution in [-0.2, 0) is 16.1 Å². The molecule has 1 aliphatic heterocycles. The quantitative estimate of drug-likeness (QED) is 0.651. The number of hydrogen-bond acceptors (Lipinski definition) is 5. The number of carbonyl (C=O) groups excluding carboxylic acids is 1. The molecule has 2 heterocycles. The van der Waals surface area contributed by atoms with Crippen LogP contribution < -0.4 is 10.6 Å². The molecule has 0 saturated carbocycles. The Morgan fingerprint density at radius 1 is 1.43 bits per heavy atom. The number of amides is 1. The van der Waals surface area contributed by atoms with Crippen molar-refractivity contribution in [3.8, 4) is 0 Å². The van der Waals surface area contributed by atoms with Crippen LogP contribution in [0, 0.1) is 11.8 Å². The first-order valence-corrected chi connectivity index (χ1v) is 8.41. The van der Waals surface area contributed by atoms with Gasteiger partial charge in [-0.1, -0.05) is 13.8 Å². The molecule has 3 N–H and O–H groups in total. The molecule has 8 nitrogen and oxygen atoms in total. The number of likely N-dealkylation sites (tertiary alicyclic amines) is 1. The lowest BCUT2D eigenvalue weighted by molar-refractivity contribution is -0.938. The second-order valence-corrected chi connectivity index (χ2v) is 6.77. The summed E-state index contributed by atoms with van der Waals surface area (Å²) >= 11 is 0. The minimum atomic E-state index is -0.172. The molecular formula is C15H29N6O2+. The fraction of sp³-hybridized carbons (Fsp3) is 0.867. The maximum atomic E-state index is 11.4. The molecule has 0 unspecified atom stereocenters. The number of nitrogens with zero attached hydrogens (tertiary/aromatic N) is 4. The molecule has 0 spiro atoms. The van der Waals surface area contributed by atoms with Gasteiger partial charge in [0.15, 0.2) is 0 Å². The Bertz CT molecular complexity index is 496. The first-order chi connectivity index (χ1) is 11.0. The third kappa shape index (κ3) is 4.71. The first-order valence-electron chi connectivity index (χ1n) is 8.41. The van der Waals surface area contributed by atoms with E-state index in [0.717, 1.165) is 38.2 Å². The molecule has 2 rings (SSSR count). The van der Waals surface area contributed by atoms with Crippen LogP contribution in [0.5, 0.6) is 0 Å². The maximum absolute atomic E-state index is 11.4.